The van der Waals surface area contributed by atoms with E-state index in [1.165, 1.54) is 36.0 Å². The molecule has 0 aliphatic heterocycles. The van der Waals surface area contributed by atoms with Gasteiger partial charge in [-0.05, 0) is 36.5 Å². The number of nitrogens with two attached hydrogens (primary N) is 1. The molecule has 1 unspecified atom stereocenters. The molecule has 1 aromatic carbocycles. The van der Waals surface area contributed by atoms with Crippen molar-refractivity contribution in [1.29, 1.82) is 0 Å². The summed E-state index contributed by atoms with van der Waals surface area (Å²) in [5.41, 5.74) is 9.84. The van der Waals surface area contributed by atoms with Crippen molar-refractivity contribution in [3.8, 4) is 0 Å². The summed E-state index contributed by atoms with van der Waals surface area (Å²) in [5.74, 6) is 0.291. The average Bonchev–Trinajstić information content (AvgIpc) is 2.29. The van der Waals surface area contributed by atoms with E-state index >= 15 is 0 Å². The Bertz CT molecular complexity index is 341. The molecule has 0 fully saturated rings. The predicted octanol–water partition coefficient (Wildman–Crippen LogP) is 3.57. The van der Waals surface area contributed by atoms with Crippen LogP contribution in [0.5, 0.6) is 0 Å². The number of aryl methyl sites for hydroxylation is 2. The van der Waals surface area contributed by atoms with Crippen molar-refractivity contribution in [2.24, 2.45) is 5.73 Å². The quantitative estimate of drug-likeness (QED) is 0.724. The van der Waals surface area contributed by atoms with E-state index in [4.69, 9.17) is 5.73 Å². The second-order valence-electron chi connectivity index (χ2n) is 4.37. The van der Waals surface area contributed by atoms with Gasteiger partial charge in [-0.25, -0.2) is 0 Å². The van der Waals surface area contributed by atoms with Crippen LogP contribution in [0.25, 0.3) is 0 Å². The Kier molecular flexibility index (Phi) is 5.27. The third-order valence-corrected chi connectivity index (χ3v) is 3.13. The highest BCUT2D eigenvalue weighted by atomic mass is 14.5. The topological polar surface area (TPSA) is 26.0 Å². The molecular formula is C15H23N. The Labute approximate surface area is 99.4 Å². The molecular weight excluding hydrogens is 194 g/mol. The van der Waals surface area contributed by atoms with E-state index in [1.807, 2.05) is 6.08 Å². The van der Waals surface area contributed by atoms with Gasteiger partial charge in [-0.1, -0.05) is 37.6 Å². The largest absolute Gasteiger partial charge is 0.330 e. The van der Waals surface area contributed by atoms with Crippen LogP contribution in [-0.4, -0.2) is 6.54 Å². The smallest absolute Gasteiger partial charge is 0.0138 e. The van der Waals surface area contributed by atoms with E-state index in [-0.39, 0.29) is 0 Å². The van der Waals surface area contributed by atoms with E-state index in [2.05, 4.69) is 38.6 Å². The highest BCUT2D eigenvalue weighted by Gasteiger charge is 2.06. The van der Waals surface area contributed by atoms with Crippen LogP contribution in [-0.2, 0) is 6.42 Å². The Balaban J connectivity index is 2.85. The summed E-state index contributed by atoms with van der Waals surface area (Å²) in [5, 5.41) is 0. The van der Waals surface area contributed by atoms with Crippen LogP contribution in [0.2, 0.25) is 0 Å². The summed E-state index contributed by atoms with van der Waals surface area (Å²) in [7, 11) is 0. The maximum absolute atomic E-state index is 5.71. The van der Waals surface area contributed by atoms with Crippen LogP contribution in [0.4, 0.5) is 0 Å². The molecule has 88 valence electrons. The molecule has 1 heteroatoms. The Hall–Kier alpha value is -1.08. The molecule has 0 radical (unpaired) electrons. The molecule has 0 spiro atoms. The molecule has 0 amide bonds. The number of benzene rings is 1. The second-order valence-corrected chi connectivity index (χ2v) is 4.37. The first kappa shape index (κ1) is 13.0. The fourth-order valence-corrected chi connectivity index (χ4v) is 1.97. The highest BCUT2D eigenvalue weighted by molar-refractivity contribution is 5.34. The minimum absolute atomic E-state index is 0.291. The van der Waals surface area contributed by atoms with Gasteiger partial charge in [0.2, 0.25) is 0 Å². The maximum atomic E-state index is 5.71. The molecule has 16 heavy (non-hydrogen) atoms. The third-order valence-electron chi connectivity index (χ3n) is 3.13. The van der Waals surface area contributed by atoms with E-state index in [1.54, 1.807) is 0 Å². The number of hydrogen-bond acceptors (Lipinski definition) is 1. The van der Waals surface area contributed by atoms with Gasteiger partial charge >= 0.3 is 0 Å². The summed E-state index contributed by atoms with van der Waals surface area (Å²) >= 11 is 0. The van der Waals surface area contributed by atoms with Crippen LogP contribution in [0.3, 0.4) is 0 Å². The highest BCUT2D eigenvalue weighted by Crippen LogP contribution is 2.20. The zero-order valence-electron chi connectivity index (χ0n) is 10.5. The first-order valence-corrected chi connectivity index (χ1v) is 6.15. The Morgan fingerprint density at radius 3 is 2.69 bits per heavy atom. The lowest BCUT2D eigenvalue weighted by Crippen LogP contribution is -2.10. The van der Waals surface area contributed by atoms with Gasteiger partial charge in [0, 0.05) is 12.5 Å². The van der Waals surface area contributed by atoms with E-state index in [0.29, 0.717) is 12.5 Å². The normalized spacial score (nSPS) is 12.4. The molecule has 0 heterocycles. The van der Waals surface area contributed by atoms with Gasteiger partial charge in [0.05, 0.1) is 0 Å². The molecule has 2 N–H and O–H groups in total. The molecule has 1 atom stereocenters. The summed E-state index contributed by atoms with van der Waals surface area (Å²) in [4.78, 5) is 0. The SMILES string of the molecule is C=CC(CN)c1ccc(CCCC)c(C)c1. The van der Waals surface area contributed by atoms with E-state index in [9.17, 15) is 0 Å². The minimum atomic E-state index is 0.291. The van der Waals surface area contributed by atoms with Gasteiger partial charge in [-0.3, -0.25) is 0 Å². The molecule has 0 bridgehead atoms. The summed E-state index contributed by atoms with van der Waals surface area (Å²) in [6, 6.07) is 6.69. The third kappa shape index (κ3) is 3.21. The van der Waals surface area contributed by atoms with Crippen LogP contribution in [0.1, 0.15) is 42.4 Å². The van der Waals surface area contributed by atoms with Gasteiger partial charge in [0.25, 0.3) is 0 Å². The van der Waals surface area contributed by atoms with Gasteiger partial charge in [0.15, 0.2) is 0 Å². The van der Waals surface area contributed by atoms with E-state index in [0.717, 1.165) is 0 Å². The molecule has 0 saturated carbocycles. The molecule has 0 aromatic heterocycles. The van der Waals surface area contributed by atoms with Crippen molar-refractivity contribution in [3.63, 3.8) is 0 Å². The van der Waals surface area contributed by atoms with Gasteiger partial charge in [-0.15, -0.1) is 6.58 Å². The van der Waals surface area contributed by atoms with Crippen molar-refractivity contribution in [2.45, 2.75) is 39.0 Å². The molecule has 1 rings (SSSR count). The van der Waals surface area contributed by atoms with Crippen LogP contribution < -0.4 is 5.73 Å². The monoisotopic (exact) mass is 217 g/mol. The molecule has 0 aliphatic rings. The number of unbranched alkanes of at least 4 members (excludes halogenated alkanes) is 1. The van der Waals surface area contributed by atoms with Crippen LogP contribution >= 0.6 is 0 Å². The lowest BCUT2D eigenvalue weighted by atomic mass is 9.94. The Morgan fingerprint density at radius 1 is 1.44 bits per heavy atom. The lowest BCUT2D eigenvalue weighted by molar-refractivity contribution is 0.788. The standard InChI is InChI=1S/C15H23N/c1-4-6-7-14-8-9-15(10-12(14)3)13(5-2)11-16/h5,8-10,13H,2,4,6-7,11,16H2,1,3H3. The zero-order chi connectivity index (χ0) is 12.0. The van der Waals surface area contributed by atoms with Gasteiger partial charge in [0.1, 0.15) is 0 Å². The number of rotatable bonds is 6. The van der Waals surface area contributed by atoms with Crippen LogP contribution in [0, 0.1) is 6.92 Å². The fourth-order valence-electron chi connectivity index (χ4n) is 1.97. The number of hydrogen-bond donors (Lipinski definition) is 1. The molecule has 0 saturated heterocycles. The molecule has 0 aliphatic carbocycles. The van der Waals surface area contributed by atoms with Crippen LogP contribution in [0.15, 0.2) is 30.9 Å². The zero-order valence-corrected chi connectivity index (χ0v) is 10.5. The maximum Gasteiger partial charge on any atom is 0.0138 e. The molecule has 1 nitrogen and oxygen atoms in total. The average molecular weight is 217 g/mol. The second kappa shape index (κ2) is 6.49. The fraction of sp³-hybridized carbons (Fsp3) is 0.467. The summed E-state index contributed by atoms with van der Waals surface area (Å²) in [6.07, 6.45) is 5.63. The minimum Gasteiger partial charge on any atom is -0.330 e. The van der Waals surface area contributed by atoms with Gasteiger partial charge < -0.3 is 5.73 Å². The summed E-state index contributed by atoms with van der Waals surface area (Å²) < 4.78 is 0. The lowest BCUT2D eigenvalue weighted by Gasteiger charge is -2.13. The van der Waals surface area contributed by atoms with Gasteiger partial charge in [-0.2, -0.15) is 0 Å². The first-order chi connectivity index (χ1) is 7.72. The molecule has 1 aromatic rings. The first-order valence-electron chi connectivity index (χ1n) is 6.15. The Morgan fingerprint density at radius 2 is 2.19 bits per heavy atom. The van der Waals surface area contributed by atoms with Crippen molar-refractivity contribution in [2.75, 3.05) is 6.54 Å². The van der Waals surface area contributed by atoms with E-state index < -0.39 is 0 Å². The summed E-state index contributed by atoms with van der Waals surface area (Å²) in [6.45, 7) is 8.88. The predicted molar refractivity (Wildman–Crippen MR) is 71.8 cm³/mol. The van der Waals surface area contributed by atoms with Crippen molar-refractivity contribution in [3.05, 3.63) is 47.5 Å². The van der Waals surface area contributed by atoms with Crippen molar-refractivity contribution in [1.82, 2.24) is 0 Å². The van der Waals surface area contributed by atoms with Crippen molar-refractivity contribution >= 4 is 0 Å². The van der Waals surface area contributed by atoms with Crippen molar-refractivity contribution < 1.29 is 0 Å².